The summed E-state index contributed by atoms with van der Waals surface area (Å²) in [6.45, 7) is 2.06. The van der Waals surface area contributed by atoms with Crippen LogP contribution in [0.15, 0.2) is 41.6 Å². The summed E-state index contributed by atoms with van der Waals surface area (Å²) in [4.78, 5) is 0. The standard InChI is InChI=1S/C10H10N2S/c1-8-3-2-4-9(7-8)12-10(13)5-6-11-12/h2-7,13H,1H3. The summed E-state index contributed by atoms with van der Waals surface area (Å²) in [5.41, 5.74) is 2.27. The molecule has 0 aliphatic heterocycles. The van der Waals surface area contributed by atoms with E-state index in [1.165, 1.54) is 5.56 Å². The summed E-state index contributed by atoms with van der Waals surface area (Å²) in [5, 5.41) is 5.02. The fourth-order valence-corrected chi connectivity index (χ4v) is 1.49. The van der Waals surface area contributed by atoms with Crippen molar-refractivity contribution >= 4 is 12.6 Å². The number of aromatic nitrogens is 2. The van der Waals surface area contributed by atoms with E-state index in [1.54, 1.807) is 10.9 Å². The van der Waals surface area contributed by atoms with Crippen LogP contribution >= 0.6 is 12.6 Å². The molecule has 0 fully saturated rings. The molecular formula is C10H10N2S. The lowest BCUT2D eigenvalue weighted by molar-refractivity contribution is 0.805. The highest BCUT2D eigenvalue weighted by atomic mass is 32.1. The van der Waals surface area contributed by atoms with Gasteiger partial charge in [0.1, 0.15) is 0 Å². The van der Waals surface area contributed by atoms with Crippen LogP contribution in [-0.4, -0.2) is 9.78 Å². The summed E-state index contributed by atoms with van der Waals surface area (Å²) < 4.78 is 1.80. The maximum absolute atomic E-state index is 4.30. The molecule has 0 saturated heterocycles. The summed E-state index contributed by atoms with van der Waals surface area (Å²) in [5.74, 6) is 0. The van der Waals surface area contributed by atoms with E-state index in [-0.39, 0.29) is 0 Å². The summed E-state index contributed by atoms with van der Waals surface area (Å²) in [6, 6.07) is 10.0. The number of hydrogen-bond acceptors (Lipinski definition) is 2. The van der Waals surface area contributed by atoms with Gasteiger partial charge in [-0.05, 0) is 30.7 Å². The second-order valence-corrected chi connectivity index (χ2v) is 3.40. The first-order valence-corrected chi connectivity index (χ1v) is 4.52. The molecular weight excluding hydrogens is 180 g/mol. The molecule has 0 aliphatic rings. The van der Waals surface area contributed by atoms with Gasteiger partial charge in [-0.2, -0.15) is 5.10 Å². The lowest BCUT2D eigenvalue weighted by atomic mass is 10.2. The molecule has 0 radical (unpaired) electrons. The molecule has 0 aliphatic carbocycles. The van der Waals surface area contributed by atoms with Gasteiger partial charge in [0.15, 0.2) is 0 Å². The van der Waals surface area contributed by atoms with Gasteiger partial charge in [0.25, 0.3) is 0 Å². The lowest BCUT2D eigenvalue weighted by Gasteiger charge is -2.03. The Kier molecular flexibility index (Phi) is 2.10. The number of hydrogen-bond donors (Lipinski definition) is 1. The van der Waals surface area contributed by atoms with Crippen LogP contribution in [-0.2, 0) is 0 Å². The third-order valence-electron chi connectivity index (χ3n) is 1.87. The molecule has 13 heavy (non-hydrogen) atoms. The van der Waals surface area contributed by atoms with Crippen molar-refractivity contribution < 1.29 is 0 Å². The van der Waals surface area contributed by atoms with Crippen LogP contribution in [0.5, 0.6) is 0 Å². The van der Waals surface area contributed by atoms with Gasteiger partial charge in [-0.15, -0.1) is 12.6 Å². The fraction of sp³-hybridized carbons (Fsp3) is 0.100. The van der Waals surface area contributed by atoms with Crippen LogP contribution < -0.4 is 0 Å². The molecule has 2 rings (SSSR count). The predicted octanol–water partition coefficient (Wildman–Crippen LogP) is 2.47. The third-order valence-corrected chi connectivity index (χ3v) is 2.21. The molecule has 0 unspecified atom stereocenters. The van der Waals surface area contributed by atoms with Gasteiger partial charge in [0.05, 0.1) is 16.9 Å². The molecule has 2 nitrogen and oxygen atoms in total. The second-order valence-electron chi connectivity index (χ2n) is 2.94. The van der Waals surface area contributed by atoms with E-state index in [0.717, 1.165) is 10.7 Å². The Morgan fingerprint density at radius 3 is 2.77 bits per heavy atom. The van der Waals surface area contributed by atoms with Gasteiger partial charge in [-0.3, -0.25) is 0 Å². The normalized spacial score (nSPS) is 10.3. The van der Waals surface area contributed by atoms with Crippen molar-refractivity contribution in [1.82, 2.24) is 9.78 Å². The SMILES string of the molecule is Cc1cccc(-n2nccc2S)c1. The monoisotopic (exact) mass is 190 g/mol. The van der Waals surface area contributed by atoms with E-state index in [1.807, 2.05) is 18.2 Å². The highest BCUT2D eigenvalue weighted by Gasteiger charge is 1.99. The second kappa shape index (κ2) is 3.26. The molecule has 66 valence electrons. The van der Waals surface area contributed by atoms with Gasteiger partial charge < -0.3 is 0 Å². The Balaban J connectivity index is 2.53. The number of thiol groups is 1. The minimum atomic E-state index is 0.852. The van der Waals surface area contributed by atoms with Gasteiger partial charge in [-0.1, -0.05) is 12.1 Å². The molecule has 1 aromatic carbocycles. The van der Waals surface area contributed by atoms with Crippen molar-refractivity contribution in [3.63, 3.8) is 0 Å². The minimum absolute atomic E-state index is 0.852. The van der Waals surface area contributed by atoms with E-state index in [9.17, 15) is 0 Å². The van der Waals surface area contributed by atoms with Gasteiger partial charge in [0, 0.05) is 0 Å². The molecule has 3 heteroatoms. The molecule has 0 bridgehead atoms. The molecule has 0 amide bonds. The van der Waals surface area contributed by atoms with Crippen molar-refractivity contribution in [3.05, 3.63) is 42.1 Å². The topological polar surface area (TPSA) is 17.8 Å². The highest BCUT2D eigenvalue weighted by molar-refractivity contribution is 7.80. The van der Waals surface area contributed by atoms with Crippen molar-refractivity contribution in [2.45, 2.75) is 11.9 Å². The van der Waals surface area contributed by atoms with Crippen LogP contribution in [0.2, 0.25) is 0 Å². The van der Waals surface area contributed by atoms with Crippen LogP contribution in [0, 0.1) is 6.92 Å². The number of aryl methyl sites for hydroxylation is 1. The minimum Gasteiger partial charge on any atom is -0.228 e. The maximum atomic E-state index is 4.30. The molecule has 0 N–H and O–H groups in total. The maximum Gasteiger partial charge on any atom is 0.0968 e. The van der Waals surface area contributed by atoms with E-state index in [2.05, 4.69) is 36.8 Å². The molecule has 1 heterocycles. The average Bonchev–Trinajstić information content (AvgIpc) is 2.51. The van der Waals surface area contributed by atoms with E-state index in [4.69, 9.17) is 0 Å². The lowest BCUT2D eigenvalue weighted by Crippen LogP contribution is -1.96. The summed E-state index contributed by atoms with van der Waals surface area (Å²) >= 11 is 4.30. The Morgan fingerprint density at radius 2 is 2.15 bits per heavy atom. The first kappa shape index (κ1) is 8.38. The van der Waals surface area contributed by atoms with Crippen LogP contribution in [0.25, 0.3) is 5.69 Å². The molecule has 0 atom stereocenters. The average molecular weight is 190 g/mol. The third kappa shape index (κ3) is 1.60. The first-order chi connectivity index (χ1) is 6.27. The highest BCUT2D eigenvalue weighted by Crippen LogP contribution is 2.13. The number of rotatable bonds is 1. The molecule has 1 aromatic heterocycles. The van der Waals surface area contributed by atoms with E-state index in [0.29, 0.717) is 0 Å². The van der Waals surface area contributed by atoms with Crippen molar-refractivity contribution in [2.75, 3.05) is 0 Å². The van der Waals surface area contributed by atoms with Crippen LogP contribution in [0.1, 0.15) is 5.56 Å². The fourth-order valence-electron chi connectivity index (χ4n) is 1.26. The van der Waals surface area contributed by atoms with Crippen molar-refractivity contribution in [2.24, 2.45) is 0 Å². The number of benzene rings is 1. The molecule has 0 saturated carbocycles. The van der Waals surface area contributed by atoms with Gasteiger partial charge in [0.2, 0.25) is 0 Å². The van der Waals surface area contributed by atoms with Crippen molar-refractivity contribution in [1.29, 1.82) is 0 Å². The van der Waals surface area contributed by atoms with Gasteiger partial charge >= 0.3 is 0 Å². The van der Waals surface area contributed by atoms with Crippen molar-refractivity contribution in [3.8, 4) is 5.69 Å². The van der Waals surface area contributed by atoms with E-state index >= 15 is 0 Å². The zero-order valence-corrected chi connectivity index (χ0v) is 8.20. The van der Waals surface area contributed by atoms with Crippen LogP contribution in [0.4, 0.5) is 0 Å². The largest absolute Gasteiger partial charge is 0.228 e. The smallest absolute Gasteiger partial charge is 0.0968 e. The summed E-state index contributed by atoms with van der Waals surface area (Å²) in [6.07, 6.45) is 1.74. The Hall–Kier alpha value is -1.22. The first-order valence-electron chi connectivity index (χ1n) is 4.07. The predicted molar refractivity (Wildman–Crippen MR) is 55.6 cm³/mol. The molecule has 2 aromatic rings. The Labute approximate surface area is 82.6 Å². The van der Waals surface area contributed by atoms with Gasteiger partial charge in [-0.25, -0.2) is 4.68 Å². The number of nitrogens with zero attached hydrogens (tertiary/aromatic N) is 2. The zero-order chi connectivity index (χ0) is 9.26. The summed E-state index contributed by atoms with van der Waals surface area (Å²) in [7, 11) is 0. The van der Waals surface area contributed by atoms with E-state index < -0.39 is 0 Å². The quantitative estimate of drug-likeness (QED) is 0.684. The zero-order valence-electron chi connectivity index (χ0n) is 7.31. The molecule has 0 spiro atoms. The Morgan fingerprint density at radius 1 is 1.31 bits per heavy atom. The van der Waals surface area contributed by atoms with Crippen LogP contribution in [0.3, 0.4) is 0 Å². The Bertz CT molecular complexity index is 420.